The summed E-state index contributed by atoms with van der Waals surface area (Å²) in [6.45, 7) is 12.7. The van der Waals surface area contributed by atoms with Crippen molar-refractivity contribution in [3.63, 3.8) is 0 Å². The summed E-state index contributed by atoms with van der Waals surface area (Å²) in [5.74, 6) is -2.93. The van der Waals surface area contributed by atoms with Gasteiger partial charge < -0.3 is 39.0 Å². The predicted molar refractivity (Wildman–Crippen MR) is 198 cm³/mol. The smallest absolute Gasteiger partial charge is 0.335 e. The Morgan fingerprint density at radius 1 is 0.981 bits per heavy atom. The third-order valence-corrected chi connectivity index (χ3v) is 12.6. The normalized spacial score (nSPS) is 41.1. The number of carbonyl (C=O) groups is 1. The lowest BCUT2D eigenvalue weighted by atomic mass is 9.86. The number of aliphatic hydroxyl groups is 2. The van der Waals surface area contributed by atoms with E-state index < -0.39 is 35.4 Å². The lowest BCUT2D eigenvalue weighted by Gasteiger charge is -2.48. The molecular formula is C42H66O11. The number of aliphatic carboxylic acids is 1. The van der Waals surface area contributed by atoms with Crippen LogP contribution in [0.1, 0.15) is 137 Å². The Hall–Kier alpha value is -1.67. The van der Waals surface area contributed by atoms with Gasteiger partial charge in [0.2, 0.25) is 5.79 Å². The first-order valence-corrected chi connectivity index (χ1v) is 20.6. The molecule has 0 aromatic carbocycles. The van der Waals surface area contributed by atoms with E-state index in [1.165, 1.54) is 32.6 Å². The molecule has 6 aliphatic heterocycles. The van der Waals surface area contributed by atoms with E-state index in [1.807, 2.05) is 13.0 Å². The number of rotatable bonds is 10. The first-order chi connectivity index (χ1) is 25.3. The molecule has 6 aliphatic rings. The third kappa shape index (κ3) is 10.2. The molecule has 13 atom stereocenters. The second kappa shape index (κ2) is 17.6. The van der Waals surface area contributed by atoms with E-state index >= 15 is 0 Å². The monoisotopic (exact) mass is 746 g/mol. The van der Waals surface area contributed by atoms with E-state index in [1.54, 1.807) is 0 Å². The first kappa shape index (κ1) is 41.0. The summed E-state index contributed by atoms with van der Waals surface area (Å²) in [4.78, 5) is 23.0. The van der Waals surface area contributed by atoms with Crippen LogP contribution in [-0.2, 0) is 38.3 Å². The number of ether oxygens (including phenoxy) is 5. The number of carboxylic acids is 1. The van der Waals surface area contributed by atoms with Crippen molar-refractivity contribution in [3.8, 4) is 0 Å². The molecule has 0 bridgehead atoms. The van der Waals surface area contributed by atoms with Gasteiger partial charge in [-0.3, -0.25) is 0 Å². The van der Waals surface area contributed by atoms with Crippen LogP contribution in [0.15, 0.2) is 36.0 Å². The van der Waals surface area contributed by atoms with Gasteiger partial charge in [0, 0.05) is 25.2 Å². The van der Waals surface area contributed by atoms with Crippen LogP contribution in [0.2, 0.25) is 0 Å². The fourth-order valence-electron chi connectivity index (χ4n) is 9.22. The van der Waals surface area contributed by atoms with E-state index in [0.717, 1.165) is 68.9 Å². The van der Waals surface area contributed by atoms with Gasteiger partial charge in [0.1, 0.15) is 6.10 Å². The molecule has 5 fully saturated rings. The number of hydrogen-bond donors (Lipinski definition) is 3. The van der Waals surface area contributed by atoms with E-state index in [0.29, 0.717) is 31.8 Å². The van der Waals surface area contributed by atoms with Gasteiger partial charge in [-0.25, -0.2) is 14.6 Å². The summed E-state index contributed by atoms with van der Waals surface area (Å²) >= 11 is 0. The SMILES string of the molecule is C=C1CC2O[C@]3(CCC(/C=C/[C@@H](C)C4CC(C)=C[C@@]5(OC(CC(C)(O)C(=O)O)CCC5O)O4)O3)CCC2OC1CC[C@H](C)C1CCCCCCCOO1. The number of aliphatic hydroxyl groups excluding tert-OH is 1. The van der Waals surface area contributed by atoms with Gasteiger partial charge in [0.05, 0.1) is 49.3 Å². The fraction of sp³-hybridized carbons (Fsp3) is 0.833. The summed E-state index contributed by atoms with van der Waals surface area (Å²) in [6, 6.07) is 0. The van der Waals surface area contributed by atoms with Crippen molar-refractivity contribution in [2.45, 2.75) is 203 Å². The highest BCUT2D eigenvalue weighted by molar-refractivity contribution is 5.76. The molecule has 5 saturated heterocycles. The Labute approximate surface area is 316 Å². The molecule has 0 aliphatic carbocycles. The van der Waals surface area contributed by atoms with Gasteiger partial charge in [-0.1, -0.05) is 63.8 Å². The summed E-state index contributed by atoms with van der Waals surface area (Å²) in [5, 5.41) is 30.9. The Morgan fingerprint density at radius 3 is 2.57 bits per heavy atom. The van der Waals surface area contributed by atoms with Gasteiger partial charge in [0.15, 0.2) is 11.4 Å². The molecule has 11 nitrogen and oxygen atoms in total. The Balaban J connectivity index is 0.978. The maximum atomic E-state index is 11.6. The van der Waals surface area contributed by atoms with Crippen molar-refractivity contribution >= 4 is 5.97 Å². The molecule has 9 unspecified atom stereocenters. The lowest BCUT2D eigenvalue weighted by Crippen LogP contribution is -2.57. The van der Waals surface area contributed by atoms with E-state index in [2.05, 4.69) is 32.6 Å². The standard InChI is InChI=1S/C42H66O11/c1-27-23-36(52-42(25-27)38(43)17-15-32(50-42)26-40(5,46)39(44)45)29(3)12-14-31-18-20-41(49-31)21-19-35-37(51-41)24-30(4)33(48-35)16-13-28(2)34-11-9-7-6-8-10-22-47-53-34/h12,14,25,28-29,31-38,43,46H,4,6-11,13,15-24,26H2,1-3,5H3,(H,44,45)/b14-12+/t28-,29+,31?,32?,33?,34?,35?,36?,37?,38?,40?,41+,42+/m0/s1. The van der Waals surface area contributed by atoms with Crippen LogP contribution in [0.3, 0.4) is 0 Å². The lowest BCUT2D eigenvalue weighted by molar-refractivity contribution is -0.335. The zero-order valence-electron chi connectivity index (χ0n) is 32.5. The van der Waals surface area contributed by atoms with Crippen molar-refractivity contribution in [1.82, 2.24) is 0 Å². The van der Waals surface area contributed by atoms with Gasteiger partial charge in [-0.2, -0.15) is 0 Å². The van der Waals surface area contributed by atoms with Crippen LogP contribution in [0.25, 0.3) is 0 Å². The van der Waals surface area contributed by atoms with Crippen molar-refractivity contribution in [3.05, 3.63) is 36.0 Å². The van der Waals surface area contributed by atoms with Gasteiger partial charge in [0.25, 0.3) is 0 Å². The summed E-state index contributed by atoms with van der Waals surface area (Å²) in [5.41, 5.74) is 0.198. The highest BCUT2D eigenvalue weighted by Gasteiger charge is 2.51. The average molecular weight is 747 g/mol. The Morgan fingerprint density at radius 2 is 1.75 bits per heavy atom. The molecule has 0 amide bonds. The molecule has 11 heteroatoms. The number of fused-ring (bicyclic) bond motifs is 1. The van der Waals surface area contributed by atoms with Crippen LogP contribution < -0.4 is 0 Å². The van der Waals surface area contributed by atoms with E-state index in [4.69, 9.17) is 33.5 Å². The second-order valence-electron chi connectivity index (χ2n) is 17.3. The summed E-state index contributed by atoms with van der Waals surface area (Å²) in [6.07, 6.45) is 18.9. The minimum Gasteiger partial charge on any atom is -0.479 e. The molecule has 53 heavy (non-hydrogen) atoms. The van der Waals surface area contributed by atoms with Gasteiger partial charge in [-0.15, -0.1) is 0 Å². The van der Waals surface area contributed by atoms with E-state index in [-0.39, 0.29) is 49.0 Å². The molecule has 0 saturated carbocycles. The first-order valence-electron chi connectivity index (χ1n) is 20.6. The van der Waals surface area contributed by atoms with E-state index in [9.17, 15) is 20.1 Å². The van der Waals surface area contributed by atoms with Gasteiger partial charge in [-0.05, 0) is 95.6 Å². The van der Waals surface area contributed by atoms with Crippen LogP contribution in [0.4, 0.5) is 0 Å². The van der Waals surface area contributed by atoms with Crippen LogP contribution >= 0.6 is 0 Å². The molecule has 2 spiro atoms. The topological polar surface area (TPSA) is 142 Å². The fourth-order valence-corrected chi connectivity index (χ4v) is 9.22. The average Bonchev–Trinajstić information content (AvgIpc) is 3.51. The van der Waals surface area contributed by atoms with Crippen molar-refractivity contribution in [2.24, 2.45) is 11.8 Å². The van der Waals surface area contributed by atoms with Gasteiger partial charge >= 0.3 is 5.97 Å². The maximum absolute atomic E-state index is 11.6. The summed E-state index contributed by atoms with van der Waals surface area (Å²) in [7, 11) is 0. The quantitative estimate of drug-likeness (QED) is 0.154. The molecule has 0 radical (unpaired) electrons. The molecule has 3 N–H and O–H groups in total. The second-order valence-corrected chi connectivity index (χ2v) is 17.3. The zero-order valence-corrected chi connectivity index (χ0v) is 32.5. The summed E-state index contributed by atoms with van der Waals surface area (Å²) < 4.78 is 32.8. The van der Waals surface area contributed by atoms with Crippen LogP contribution in [0.5, 0.6) is 0 Å². The van der Waals surface area contributed by atoms with Crippen LogP contribution in [-0.4, -0.2) is 93.9 Å². The highest BCUT2D eigenvalue weighted by Crippen LogP contribution is 2.46. The Kier molecular flexibility index (Phi) is 13.6. The molecule has 0 aromatic heterocycles. The van der Waals surface area contributed by atoms with Crippen molar-refractivity contribution in [2.75, 3.05) is 6.61 Å². The number of hydrogen-bond acceptors (Lipinski definition) is 10. The Bertz CT molecular complexity index is 1300. The molecular weight excluding hydrogens is 680 g/mol. The molecule has 6 heterocycles. The van der Waals surface area contributed by atoms with Crippen LogP contribution in [0, 0.1) is 11.8 Å². The predicted octanol–water partition coefficient (Wildman–Crippen LogP) is 7.23. The largest absolute Gasteiger partial charge is 0.479 e. The minimum absolute atomic E-state index is 0.0134. The molecule has 300 valence electrons. The minimum atomic E-state index is -1.93. The van der Waals surface area contributed by atoms with Crippen molar-refractivity contribution in [1.29, 1.82) is 0 Å². The molecule has 0 aromatic rings. The zero-order chi connectivity index (χ0) is 37.8. The van der Waals surface area contributed by atoms with Crippen molar-refractivity contribution < 1.29 is 53.6 Å². The maximum Gasteiger partial charge on any atom is 0.335 e. The third-order valence-electron chi connectivity index (χ3n) is 12.6. The number of carboxylic acid groups (broad SMARTS) is 1. The highest BCUT2D eigenvalue weighted by atomic mass is 17.2. The molecule has 6 rings (SSSR count).